The van der Waals surface area contributed by atoms with Crippen LogP contribution in [-0.2, 0) is 16.1 Å². The van der Waals surface area contributed by atoms with Crippen molar-refractivity contribution < 1.29 is 9.53 Å². The topological polar surface area (TPSA) is 48.3 Å². The molecular formula is C10H13NO3. The van der Waals surface area contributed by atoms with Crippen molar-refractivity contribution in [2.75, 3.05) is 6.61 Å². The Labute approximate surface area is 82.1 Å². The third-order valence-corrected chi connectivity index (χ3v) is 1.89. The third kappa shape index (κ3) is 2.73. The monoisotopic (exact) mass is 195 g/mol. The Hall–Kier alpha value is -1.58. The lowest BCUT2D eigenvalue weighted by molar-refractivity contribution is -0.141. The molecule has 0 atom stereocenters. The molecule has 0 aromatic carbocycles. The molecule has 0 aliphatic heterocycles. The highest BCUT2D eigenvalue weighted by Crippen LogP contribution is 1.93. The minimum Gasteiger partial charge on any atom is -0.464 e. The van der Waals surface area contributed by atoms with Crippen molar-refractivity contribution in [1.29, 1.82) is 0 Å². The standard InChI is InChI=1S/C10H13NO3/c1-8-4-3-5-10(13)11(8)6-7-14-9(2)12/h3-5H,6-7H2,1-2H3. The molecule has 0 saturated carbocycles. The van der Waals surface area contributed by atoms with Crippen LogP contribution in [-0.4, -0.2) is 17.1 Å². The fraction of sp³-hybridized carbons (Fsp3) is 0.400. The summed E-state index contributed by atoms with van der Waals surface area (Å²) in [4.78, 5) is 21.8. The maximum atomic E-state index is 11.3. The van der Waals surface area contributed by atoms with Crippen LogP contribution in [0.1, 0.15) is 12.6 Å². The van der Waals surface area contributed by atoms with E-state index < -0.39 is 0 Å². The normalized spacial score (nSPS) is 9.86. The Morgan fingerprint density at radius 2 is 2.21 bits per heavy atom. The van der Waals surface area contributed by atoms with Gasteiger partial charge >= 0.3 is 5.97 Å². The zero-order valence-electron chi connectivity index (χ0n) is 8.32. The second-order valence-electron chi connectivity index (χ2n) is 3.00. The van der Waals surface area contributed by atoms with Crippen molar-refractivity contribution in [3.63, 3.8) is 0 Å². The molecule has 4 heteroatoms. The van der Waals surface area contributed by atoms with Crippen LogP contribution in [0.4, 0.5) is 0 Å². The minimum atomic E-state index is -0.327. The smallest absolute Gasteiger partial charge is 0.302 e. The minimum absolute atomic E-state index is 0.0721. The number of nitrogens with zero attached hydrogens (tertiary/aromatic N) is 1. The van der Waals surface area contributed by atoms with Crippen molar-refractivity contribution in [3.05, 3.63) is 34.2 Å². The number of aromatic nitrogens is 1. The number of hydrogen-bond acceptors (Lipinski definition) is 3. The van der Waals surface area contributed by atoms with Crippen LogP contribution < -0.4 is 5.56 Å². The van der Waals surface area contributed by atoms with E-state index in [-0.39, 0.29) is 18.1 Å². The molecule has 1 heterocycles. The van der Waals surface area contributed by atoms with Crippen LogP contribution >= 0.6 is 0 Å². The predicted octanol–water partition coefficient (Wildman–Crippen LogP) is 0.720. The van der Waals surface area contributed by atoms with E-state index >= 15 is 0 Å². The molecule has 0 aliphatic carbocycles. The first kappa shape index (κ1) is 10.5. The van der Waals surface area contributed by atoms with E-state index in [1.165, 1.54) is 13.0 Å². The number of aryl methyl sites for hydroxylation is 1. The maximum Gasteiger partial charge on any atom is 0.302 e. The molecule has 0 spiro atoms. The summed E-state index contributed by atoms with van der Waals surface area (Å²) < 4.78 is 6.33. The highest BCUT2D eigenvalue weighted by atomic mass is 16.5. The summed E-state index contributed by atoms with van der Waals surface area (Å²) in [5.41, 5.74) is 0.793. The summed E-state index contributed by atoms with van der Waals surface area (Å²) in [6.07, 6.45) is 0. The zero-order valence-corrected chi connectivity index (χ0v) is 8.32. The van der Waals surface area contributed by atoms with Gasteiger partial charge in [-0.15, -0.1) is 0 Å². The van der Waals surface area contributed by atoms with Gasteiger partial charge in [0.2, 0.25) is 0 Å². The quantitative estimate of drug-likeness (QED) is 0.668. The number of rotatable bonds is 3. The lowest BCUT2D eigenvalue weighted by Crippen LogP contribution is -2.23. The summed E-state index contributed by atoms with van der Waals surface area (Å²) in [6, 6.07) is 5.04. The Bertz CT molecular complexity index is 381. The lowest BCUT2D eigenvalue weighted by atomic mass is 10.3. The molecule has 14 heavy (non-hydrogen) atoms. The Balaban J connectivity index is 2.67. The van der Waals surface area contributed by atoms with Gasteiger partial charge in [0.05, 0.1) is 6.54 Å². The van der Waals surface area contributed by atoms with Crippen molar-refractivity contribution >= 4 is 5.97 Å². The van der Waals surface area contributed by atoms with Crippen molar-refractivity contribution in [1.82, 2.24) is 4.57 Å². The third-order valence-electron chi connectivity index (χ3n) is 1.89. The van der Waals surface area contributed by atoms with Gasteiger partial charge in [-0.3, -0.25) is 9.59 Å². The summed E-state index contributed by atoms with van der Waals surface area (Å²) in [5.74, 6) is -0.327. The van der Waals surface area contributed by atoms with Crippen molar-refractivity contribution in [2.45, 2.75) is 20.4 Å². The molecule has 0 aliphatic rings. The molecule has 4 nitrogen and oxygen atoms in total. The summed E-state index contributed by atoms with van der Waals surface area (Å²) >= 11 is 0. The SMILES string of the molecule is CC(=O)OCCn1c(C)cccc1=O. The van der Waals surface area contributed by atoms with E-state index in [2.05, 4.69) is 0 Å². The predicted molar refractivity (Wildman–Crippen MR) is 52.1 cm³/mol. The van der Waals surface area contributed by atoms with Crippen LogP contribution in [0.3, 0.4) is 0 Å². The number of carbonyl (C=O) groups excluding carboxylic acids is 1. The summed E-state index contributed by atoms with van der Waals surface area (Å²) in [7, 11) is 0. The molecule has 76 valence electrons. The second kappa shape index (κ2) is 4.60. The molecule has 1 rings (SSSR count). The molecule has 0 radical (unpaired) electrons. The van der Waals surface area contributed by atoms with Crippen molar-refractivity contribution in [2.24, 2.45) is 0 Å². The number of hydrogen-bond donors (Lipinski definition) is 0. The summed E-state index contributed by atoms with van der Waals surface area (Å²) in [6.45, 7) is 3.83. The van der Waals surface area contributed by atoms with Gasteiger partial charge < -0.3 is 9.30 Å². The van der Waals surface area contributed by atoms with Crippen LogP contribution in [0.5, 0.6) is 0 Å². The number of pyridine rings is 1. The molecule has 1 aromatic rings. The summed E-state index contributed by atoms with van der Waals surface area (Å²) in [5, 5.41) is 0. The average molecular weight is 195 g/mol. The molecule has 0 unspecified atom stereocenters. The van der Waals surface area contributed by atoms with Gasteiger partial charge in [0.15, 0.2) is 0 Å². The molecule has 0 amide bonds. The van der Waals surface area contributed by atoms with E-state index in [9.17, 15) is 9.59 Å². The zero-order chi connectivity index (χ0) is 10.6. The number of ether oxygens (including phenoxy) is 1. The molecule has 1 aromatic heterocycles. The first-order chi connectivity index (χ1) is 6.61. The van der Waals surface area contributed by atoms with Gasteiger partial charge in [0.1, 0.15) is 6.61 Å². The number of carbonyl (C=O) groups is 1. The van der Waals surface area contributed by atoms with Gasteiger partial charge in [0.25, 0.3) is 5.56 Å². The fourth-order valence-electron chi connectivity index (χ4n) is 1.19. The van der Waals surface area contributed by atoms with Crippen LogP contribution in [0, 0.1) is 6.92 Å². The Kier molecular flexibility index (Phi) is 3.45. The Morgan fingerprint density at radius 1 is 1.50 bits per heavy atom. The van der Waals surface area contributed by atoms with E-state index in [1.54, 1.807) is 10.6 Å². The fourth-order valence-corrected chi connectivity index (χ4v) is 1.19. The van der Waals surface area contributed by atoms with Crippen molar-refractivity contribution in [3.8, 4) is 0 Å². The number of esters is 1. The molecule has 0 N–H and O–H groups in total. The van der Waals surface area contributed by atoms with Gasteiger partial charge in [-0.05, 0) is 13.0 Å². The van der Waals surface area contributed by atoms with Gasteiger partial charge in [0, 0.05) is 18.7 Å². The second-order valence-corrected chi connectivity index (χ2v) is 3.00. The van der Waals surface area contributed by atoms with Crippen LogP contribution in [0.2, 0.25) is 0 Å². The van der Waals surface area contributed by atoms with Crippen LogP contribution in [0.25, 0.3) is 0 Å². The first-order valence-electron chi connectivity index (χ1n) is 4.41. The van der Waals surface area contributed by atoms with Gasteiger partial charge in [-0.2, -0.15) is 0 Å². The van der Waals surface area contributed by atoms with E-state index in [1.807, 2.05) is 13.0 Å². The first-order valence-corrected chi connectivity index (χ1v) is 4.41. The van der Waals surface area contributed by atoms with Gasteiger partial charge in [-0.25, -0.2) is 0 Å². The molecular weight excluding hydrogens is 182 g/mol. The highest BCUT2D eigenvalue weighted by molar-refractivity contribution is 5.65. The lowest BCUT2D eigenvalue weighted by Gasteiger charge is -2.08. The van der Waals surface area contributed by atoms with Crippen LogP contribution in [0.15, 0.2) is 23.0 Å². The van der Waals surface area contributed by atoms with E-state index in [4.69, 9.17) is 4.74 Å². The maximum absolute atomic E-state index is 11.3. The molecule has 0 bridgehead atoms. The molecule has 0 saturated heterocycles. The molecule has 0 fully saturated rings. The average Bonchev–Trinajstić information content (AvgIpc) is 2.09. The Morgan fingerprint density at radius 3 is 2.79 bits per heavy atom. The largest absolute Gasteiger partial charge is 0.464 e. The van der Waals surface area contributed by atoms with E-state index in [0.29, 0.717) is 6.54 Å². The highest BCUT2D eigenvalue weighted by Gasteiger charge is 1.99. The van der Waals surface area contributed by atoms with E-state index in [0.717, 1.165) is 5.69 Å². The van der Waals surface area contributed by atoms with Gasteiger partial charge in [-0.1, -0.05) is 6.07 Å².